The number of nitrogens with one attached hydrogen (secondary N) is 1. The van der Waals surface area contributed by atoms with Gasteiger partial charge < -0.3 is 4.74 Å². The third-order valence-corrected chi connectivity index (χ3v) is 4.58. The summed E-state index contributed by atoms with van der Waals surface area (Å²) in [4.78, 5) is 12.1. The van der Waals surface area contributed by atoms with E-state index < -0.39 is 6.04 Å². The smallest absolute Gasteiger partial charge is 0.232 e. The molecule has 5 nitrogen and oxygen atoms in total. The van der Waals surface area contributed by atoms with Crippen molar-refractivity contribution >= 4 is 11.3 Å². The van der Waals surface area contributed by atoms with Gasteiger partial charge in [-0.05, 0) is 17.5 Å². The van der Waals surface area contributed by atoms with E-state index in [2.05, 4.69) is 5.32 Å². The summed E-state index contributed by atoms with van der Waals surface area (Å²) < 4.78 is 5.33. The van der Waals surface area contributed by atoms with Crippen molar-refractivity contribution in [2.45, 2.75) is 32.0 Å². The minimum Gasteiger partial charge on any atom is -0.496 e. The second-order valence-electron chi connectivity index (χ2n) is 4.95. The zero-order chi connectivity index (χ0) is 15.9. The summed E-state index contributed by atoms with van der Waals surface area (Å²) in [5, 5.41) is 16.6. The third kappa shape index (κ3) is 3.84. The molecule has 6 heteroatoms. The molecule has 1 aromatic heterocycles. The van der Waals surface area contributed by atoms with Crippen LogP contribution in [0.2, 0.25) is 0 Å². The van der Waals surface area contributed by atoms with Crippen molar-refractivity contribution in [1.29, 1.82) is 0 Å². The van der Waals surface area contributed by atoms with Crippen molar-refractivity contribution < 1.29 is 9.66 Å². The average molecular weight is 320 g/mol. The van der Waals surface area contributed by atoms with Crippen molar-refractivity contribution in [2.24, 2.45) is 0 Å². The number of hydrogen-bond donors (Lipinski definition) is 1. The highest BCUT2D eigenvalue weighted by molar-refractivity contribution is 7.10. The summed E-state index contributed by atoms with van der Waals surface area (Å²) in [5.41, 5.74) is 0.991. The van der Waals surface area contributed by atoms with E-state index in [0.29, 0.717) is 13.0 Å². The van der Waals surface area contributed by atoms with Crippen molar-refractivity contribution in [3.05, 3.63) is 62.3 Å². The zero-order valence-corrected chi connectivity index (χ0v) is 13.5. The molecule has 0 spiro atoms. The van der Waals surface area contributed by atoms with E-state index in [1.54, 1.807) is 7.11 Å². The van der Waals surface area contributed by atoms with Gasteiger partial charge in [0.05, 0.1) is 7.11 Å². The minimum absolute atomic E-state index is 0.195. The number of nitro groups is 1. The second kappa shape index (κ2) is 7.91. The number of hydrogen-bond acceptors (Lipinski definition) is 5. The van der Waals surface area contributed by atoms with Gasteiger partial charge in [-0.2, -0.15) is 0 Å². The maximum atomic E-state index is 11.3. The highest BCUT2D eigenvalue weighted by Gasteiger charge is 2.31. The lowest BCUT2D eigenvalue weighted by Gasteiger charge is -2.21. The Morgan fingerprint density at radius 3 is 2.68 bits per heavy atom. The highest BCUT2D eigenvalue weighted by atomic mass is 32.1. The van der Waals surface area contributed by atoms with Gasteiger partial charge in [0.25, 0.3) is 0 Å². The van der Waals surface area contributed by atoms with E-state index in [0.717, 1.165) is 16.2 Å². The molecule has 0 unspecified atom stereocenters. The lowest BCUT2D eigenvalue weighted by Crippen LogP contribution is -2.36. The lowest BCUT2D eigenvalue weighted by atomic mass is 10.0. The van der Waals surface area contributed by atoms with Crippen LogP contribution in [0.4, 0.5) is 0 Å². The third-order valence-electron chi connectivity index (χ3n) is 3.63. The number of thiophene rings is 1. The standard InChI is InChI=1S/C16H20N2O3S/c1-3-13(18(19)20)16(15-9-6-10-22-15)17-11-12-7-4-5-8-14(12)21-2/h4-10,13,16-17H,3,11H2,1-2H3/t13-,16-/m1/s1. The van der Waals surface area contributed by atoms with Crippen LogP contribution in [-0.2, 0) is 6.54 Å². The number of benzene rings is 1. The van der Waals surface area contributed by atoms with Gasteiger partial charge in [0.2, 0.25) is 6.04 Å². The van der Waals surface area contributed by atoms with Crippen LogP contribution < -0.4 is 10.1 Å². The van der Waals surface area contributed by atoms with E-state index in [9.17, 15) is 10.1 Å². The quantitative estimate of drug-likeness (QED) is 0.596. The molecule has 22 heavy (non-hydrogen) atoms. The molecule has 2 aromatic rings. The van der Waals surface area contributed by atoms with Gasteiger partial charge in [-0.3, -0.25) is 15.4 Å². The summed E-state index contributed by atoms with van der Waals surface area (Å²) in [5.74, 6) is 0.786. The number of nitrogens with zero attached hydrogens (tertiary/aromatic N) is 1. The Morgan fingerprint density at radius 2 is 2.09 bits per heavy atom. The first kappa shape index (κ1) is 16.5. The van der Waals surface area contributed by atoms with Crippen LogP contribution in [0, 0.1) is 10.1 Å². The van der Waals surface area contributed by atoms with E-state index in [1.807, 2.05) is 48.7 Å². The fraction of sp³-hybridized carbons (Fsp3) is 0.375. The Hall–Kier alpha value is -1.92. The highest BCUT2D eigenvalue weighted by Crippen LogP contribution is 2.27. The van der Waals surface area contributed by atoms with Crippen LogP contribution in [0.3, 0.4) is 0 Å². The fourth-order valence-corrected chi connectivity index (χ4v) is 3.33. The summed E-state index contributed by atoms with van der Waals surface area (Å²) in [7, 11) is 1.63. The van der Waals surface area contributed by atoms with E-state index in [-0.39, 0.29) is 11.0 Å². The minimum atomic E-state index is -0.645. The Kier molecular flexibility index (Phi) is 5.91. The summed E-state index contributed by atoms with van der Waals surface area (Å²) in [6, 6.07) is 10.6. The zero-order valence-electron chi connectivity index (χ0n) is 12.7. The maximum Gasteiger partial charge on any atom is 0.232 e. The number of rotatable bonds is 8. The SMILES string of the molecule is CC[C@H]([C@@H](NCc1ccccc1OC)c1cccs1)[N+](=O)[O-]. The van der Waals surface area contributed by atoms with Gasteiger partial charge in [-0.1, -0.05) is 31.2 Å². The molecule has 1 heterocycles. The van der Waals surface area contributed by atoms with Crippen molar-refractivity contribution in [2.75, 3.05) is 7.11 Å². The normalized spacial score (nSPS) is 13.5. The molecule has 0 aliphatic carbocycles. The molecular weight excluding hydrogens is 300 g/mol. The van der Waals surface area contributed by atoms with Crippen LogP contribution in [0.15, 0.2) is 41.8 Å². The van der Waals surface area contributed by atoms with Gasteiger partial charge in [-0.25, -0.2) is 0 Å². The van der Waals surface area contributed by atoms with E-state index >= 15 is 0 Å². The van der Waals surface area contributed by atoms with Gasteiger partial charge in [0, 0.05) is 28.3 Å². The maximum absolute atomic E-state index is 11.3. The van der Waals surface area contributed by atoms with E-state index in [1.165, 1.54) is 11.3 Å². The molecule has 0 radical (unpaired) electrons. The Balaban J connectivity index is 2.18. The Bertz CT molecular complexity index is 601. The summed E-state index contributed by atoms with van der Waals surface area (Å²) in [6.07, 6.45) is 0.481. The van der Waals surface area contributed by atoms with Gasteiger partial charge in [0.1, 0.15) is 11.8 Å². The first-order chi connectivity index (χ1) is 10.7. The fourth-order valence-electron chi connectivity index (χ4n) is 2.47. The van der Waals surface area contributed by atoms with Gasteiger partial charge in [-0.15, -0.1) is 11.3 Å². The predicted octanol–water partition coefficient (Wildman–Crippen LogP) is 3.64. The largest absolute Gasteiger partial charge is 0.496 e. The van der Waals surface area contributed by atoms with Gasteiger partial charge >= 0.3 is 0 Å². The van der Waals surface area contributed by atoms with Crippen molar-refractivity contribution in [3.8, 4) is 5.75 Å². The van der Waals surface area contributed by atoms with E-state index in [4.69, 9.17) is 4.74 Å². The lowest BCUT2D eigenvalue weighted by molar-refractivity contribution is -0.528. The molecule has 0 saturated heterocycles. The Morgan fingerprint density at radius 1 is 1.32 bits per heavy atom. The molecule has 0 aliphatic heterocycles. The first-order valence-corrected chi connectivity index (χ1v) is 8.07. The molecule has 1 N–H and O–H groups in total. The number of ether oxygens (including phenoxy) is 1. The molecule has 0 bridgehead atoms. The number of methoxy groups -OCH3 is 1. The first-order valence-electron chi connectivity index (χ1n) is 7.19. The predicted molar refractivity (Wildman–Crippen MR) is 88.0 cm³/mol. The molecule has 2 atom stereocenters. The summed E-state index contributed by atoms with van der Waals surface area (Å²) >= 11 is 1.54. The van der Waals surface area contributed by atoms with Crippen LogP contribution in [0.1, 0.15) is 29.8 Å². The second-order valence-corrected chi connectivity index (χ2v) is 5.93. The number of para-hydroxylation sites is 1. The average Bonchev–Trinajstić information content (AvgIpc) is 3.05. The molecular formula is C16H20N2O3S. The van der Waals surface area contributed by atoms with Crippen LogP contribution >= 0.6 is 11.3 Å². The van der Waals surface area contributed by atoms with Crippen molar-refractivity contribution in [1.82, 2.24) is 5.32 Å². The summed E-state index contributed by atoms with van der Waals surface area (Å²) in [6.45, 7) is 2.37. The molecule has 0 amide bonds. The monoisotopic (exact) mass is 320 g/mol. The van der Waals surface area contributed by atoms with Crippen LogP contribution in [0.25, 0.3) is 0 Å². The van der Waals surface area contributed by atoms with Crippen LogP contribution in [0.5, 0.6) is 5.75 Å². The molecule has 0 aliphatic rings. The Labute approximate surface area is 134 Å². The molecule has 0 fully saturated rings. The van der Waals surface area contributed by atoms with Gasteiger partial charge in [0.15, 0.2) is 0 Å². The molecule has 1 aromatic carbocycles. The molecule has 118 valence electrons. The topological polar surface area (TPSA) is 64.4 Å². The molecule has 2 rings (SSSR count). The molecule has 0 saturated carbocycles. The van der Waals surface area contributed by atoms with Crippen molar-refractivity contribution in [3.63, 3.8) is 0 Å². The van der Waals surface area contributed by atoms with Crippen LogP contribution in [-0.4, -0.2) is 18.1 Å².